The maximum Gasteiger partial charge on any atom is 0.410 e. The molecule has 0 saturated heterocycles. The van der Waals surface area contributed by atoms with Crippen LogP contribution in [0.25, 0.3) is 0 Å². The van der Waals surface area contributed by atoms with Crippen molar-refractivity contribution in [2.24, 2.45) is 0 Å². The molecular formula is C15H22N2O5. The summed E-state index contributed by atoms with van der Waals surface area (Å²) in [4.78, 5) is 28.4. The molecule has 2 heterocycles. The second-order valence-corrected chi connectivity index (χ2v) is 5.88. The quantitative estimate of drug-likeness (QED) is 0.856. The summed E-state index contributed by atoms with van der Waals surface area (Å²) in [5.41, 5.74) is 1.05. The van der Waals surface area contributed by atoms with Gasteiger partial charge in [-0.2, -0.15) is 0 Å². The lowest BCUT2D eigenvalue weighted by Gasteiger charge is -2.23. The highest BCUT2D eigenvalue weighted by Crippen LogP contribution is 2.23. The molecule has 0 spiro atoms. The molecule has 122 valence electrons. The van der Waals surface area contributed by atoms with Crippen molar-refractivity contribution >= 4 is 12.1 Å². The van der Waals surface area contributed by atoms with E-state index in [1.165, 1.54) is 11.1 Å². The summed E-state index contributed by atoms with van der Waals surface area (Å²) in [6, 6.07) is 1.55. The van der Waals surface area contributed by atoms with Crippen LogP contribution in [-0.4, -0.2) is 46.9 Å². The maximum absolute atomic E-state index is 11.9. The van der Waals surface area contributed by atoms with Crippen LogP contribution in [0.15, 0.2) is 12.3 Å². The molecule has 1 N–H and O–H groups in total. The topological polar surface area (TPSA) is 89.0 Å². The predicted octanol–water partition coefficient (Wildman–Crippen LogP) is 2.29. The molecule has 7 heteroatoms. The standard InChI is InChI=1S/C13H16N2O4.C2H6O/c1-13(2,3)19-12(18)15-6-9-4-8(11(16)17)5-14-10(9)7-15;1-3-2/h4-5H,6-7H2,1-3H3,(H,16,17);1-2H3. The first-order valence-electron chi connectivity index (χ1n) is 6.77. The number of hydrogen-bond acceptors (Lipinski definition) is 5. The maximum atomic E-state index is 11.9. The molecule has 0 atom stereocenters. The molecule has 1 amide bonds. The number of methoxy groups -OCH3 is 1. The first kappa shape index (κ1) is 17.9. The van der Waals surface area contributed by atoms with Gasteiger partial charge in [0.05, 0.1) is 24.3 Å². The van der Waals surface area contributed by atoms with Gasteiger partial charge in [0.1, 0.15) is 5.60 Å². The van der Waals surface area contributed by atoms with Gasteiger partial charge in [0.25, 0.3) is 0 Å². The van der Waals surface area contributed by atoms with E-state index in [4.69, 9.17) is 9.84 Å². The first-order chi connectivity index (χ1) is 10.2. The van der Waals surface area contributed by atoms with Crippen LogP contribution in [0, 0.1) is 0 Å². The fraction of sp³-hybridized carbons (Fsp3) is 0.533. The minimum Gasteiger partial charge on any atom is -0.478 e. The number of carboxylic acid groups (broad SMARTS) is 1. The van der Waals surface area contributed by atoms with Crippen LogP contribution in [0.5, 0.6) is 0 Å². The van der Waals surface area contributed by atoms with E-state index in [2.05, 4.69) is 9.72 Å². The van der Waals surface area contributed by atoms with Crippen molar-refractivity contribution in [3.8, 4) is 0 Å². The monoisotopic (exact) mass is 310 g/mol. The number of aromatic nitrogens is 1. The number of fused-ring (bicyclic) bond motifs is 1. The van der Waals surface area contributed by atoms with Crippen molar-refractivity contribution in [3.05, 3.63) is 29.1 Å². The Morgan fingerprint density at radius 3 is 2.36 bits per heavy atom. The van der Waals surface area contributed by atoms with Gasteiger partial charge >= 0.3 is 12.1 Å². The van der Waals surface area contributed by atoms with E-state index in [0.29, 0.717) is 13.1 Å². The number of nitrogens with zero attached hydrogens (tertiary/aromatic N) is 2. The van der Waals surface area contributed by atoms with E-state index in [9.17, 15) is 9.59 Å². The van der Waals surface area contributed by atoms with Gasteiger partial charge in [-0.15, -0.1) is 0 Å². The molecule has 0 bridgehead atoms. The zero-order chi connectivity index (χ0) is 16.9. The third-order valence-corrected chi connectivity index (χ3v) is 2.66. The average molecular weight is 310 g/mol. The number of rotatable bonds is 1. The summed E-state index contributed by atoms with van der Waals surface area (Å²) in [6.07, 6.45) is 0.891. The Labute approximate surface area is 129 Å². The molecule has 22 heavy (non-hydrogen) atoms. The Kier molecular flexibility index (Phi) is 5.87. The number of carbonyl (C=O) groups excluding carboxylic acids is 1. The smallest absolute Gasteiger partial charge is 0.410 e. The minimum atomic E-state index is -1.02. The molecule has 2 rings (SSSR count). The van der Waals surface area contributed by atoms with Gasteiger partial charge in [0, 0.05) is 20.4 Å². The molecule has 1 aromatic heterocycles. The van der Waals surface area contributed by atoms with Gasteiger partial charge in [-0.1, -0.05) is 0 Å². The van der Waals surface area contributed by atoms with Crippen LogP contribution in [0.4, 0.5) is 4.79 Å². The van der Waals surface area contributed by atoms with Crippen molar-refractivity contribution in [2.45, 2.75) is 39.5 Å². The summed E-state index contributed by atoms with van der Waals surface area (Å²) in [7, 11) is 3.25. The lowest BCUT2D eigenvalue weighted by molar-refractivity contribution is 0.0240. The summed E-state index contributed by atoms with van der Waals surface area (Å²) in [5, 5.41) is 8.90. The third-order valence-electron chi connectivity index (χ3n) is 2.66. The Morgan fingerprint density at radius 2 is 1.86 bits per heavy atom. The number of carbonyl (C=O) groups is 2. The van der Waals surface area contributed by atoms with Crippen LogP contribution < -0.4 is 0 Å². The Hall–Kier alpha value is -2.15. The number of amides is 1. The molecule has 1 aliphatic heterocycles. The van der Waals surface area contributed by atoms with Gasteiger partial charge in [0.15, 0.2) is 0 Å². The van der Waals surface area contributed by atoms with Gasteiger partial charge in [-0.05, 0) is 32.4 Å². The molecule has 0 saturated carbocycles. The summed E-state index contributed by atoms with van der Waals surface area (Å²) in [6.45, 7) is 6.08. The van der Waals surface area contributed by atoms with Crippen molar-refractivity contribution in [3.63, 3.8) is 0 Å². The van der Waals surface area contributed by atoms with Crippen LogP contribution in [0.3, 0.4) is 0 Å². The van der Waals surface area contributed by atoms with Gasteiger partial charge in [0.2, 0.25) is 0 Å². The Balaban J connectivity index is 0.000000745. The van der Waals surface area contributed by atoms with Crippen LogP contribution in [-0.2, 0) is 22.6 Å². The van der Waals surface area contributed by atoms with Crippen molar-refractivity contribution in [1.29, 1.82) is 0 Å². The van der Waals surface area contributed by atoms with E-state index in [1.54, 1.807) is 41.1 Å². The summed E-state index contributed by atoms with van der Waals surface area (Å²) in [5.74, 6) is -1.02. The number of hydrogen-bond donors (Lipinski definition) is 1. The number of carboxylic acids is 1. The van der Waals surface area contributed by atoms with Gasteiger partial charge in [-0.3, -0.25) is 9.88 Å². The highest BCUT2D eigenvalue weighted by molar-refractivity contribution is 5.87. The SMILES string of the molecule is CC(C)(C)OC(=O)N1Cc2cc(C(=O)O)cnc2C1.COC. The van der Waals surface area contributed by atoms with E-state index >= 15 is 0 Å². The largest absolute Gasteiger partial charge is 0.478 e. The second kappa shape index (κ2) is 7.22. The van der Waals surface area contributed by atoms with Crippen LogP contribution in [0.2, 0.25) is 0 Å². The molecule has 0 unspecified atom stereocenters. The molecular weight excluding hydrogens is 288 g/mol. The first-order valence-corrected chi connectivity index (χ1v) is 6.77. The summed E-state index contributed by atoms with van der Waals surface area (Å²) < 4.78 is 9.52. The molecule has 1 aliphatic rings. The molecule has 0 aromatic carbocycles. The molecule has 7 nitrogen and oxygen atoms in total. The van der Waals surface area contributed by atoms with Crippen LogP contribution in [0.1, 0.15) is 42.4 Å². The van der Waals surface area contributed by atoms with Crippen molar-refractivity contribution < 1.29 is 24.2 Å². The fourth-order valence-electron chi connectivity index (χ4n) is 1.83. The normalized spacial score (nSPS) is 13.0. The summed E-state index contributed by atoms with van der Waals surface area (Å²) >= 11 is 0. The van der Waals surface area contributed by atoms with E-state index in [0.717, 1.165) is 11.3 Å². The minimum absolute atomic E-state index is 0.129. The highest BCUT2D eigenvalue weighted by Gasteiger charge is 2.29. The van der Waals surface area contributed by atoms with E-state index in [1.807, 2.05) is 0 Å². The number of ether oxygens (including phenoxy) is 2. The van der Waals surface area contributed by atoms with Gasteiger partial charge in [-0.25, -0.2) is 9.59 Å². The molecule has 1 aromatic rings. The third kappa shape index (κ3) is 5.00. The second-order valence-electron chi connectivity index (χ2n) is 5.88. The predicted molar refractivity (Wildman–Crippen MR) is 79.6 cm³/mol. The fourth-order valence-corrected chi connectivity index (χ4v) is 1.83. The van der Waals surface area contributed by atoms with Crippen molar-refractivity contribution in [2.75, 3.05) is 14.2 Å². The molecule has 0 radical (unpaired) electrons. The average Bonchev–Trinajstić information content (AvgIpc) is 2.80. The number of aromatic carboxylic acids is 1. The van der Waals surface area contributed by atoms with E-state index in [-0.39, 0.29) is 5.56 Å². The Morgan fingerprint density at radius 1 is 1.27 bits per heavy atom. The Bertz CT molecular complexity index is 551. The lowest BCUT2D eigenvalue weighted by atomic mass is 10.2. The van der Waals surface area contributed by atoms with Crippen molar-refractivity contribution in [1.82, 2.24) is 9.88 Å². The van der Waals surface area contributed by atoms with E-state index < -0.39 is 17.7 Å². The lowest BCUT2D eigenvalue weighted by Crippen LogP contribution is -2.33. The zero-order valence-corrected chi connectivity index (χ0v) is 13.5. The number of pyridine rings is 1. The van der Waals surface area contributed by atoms with Gasteiger partial charge < -0.3 is 14.6 Å². The molecule has 0 aliphatic carbocycles. The van der Waals surface area contributed by atoms with Crippen LogP contribution >= 0.6 is 0 Å². The zero-order valence-electron chi connectivity index (χ0n) is 13.5. The molecule has 0 fully saturated rings. The highest BCUT2D eigenvalue weighted by atomic mass is 16.6.